The molecule has 0 aliphatic carbocycles. The van der Waals surface area contributed by atoms with Crippen molar-refractivity contribution in [2.75, 3.05) is 17.2 Å². The molecule has 5 nitrogen and oxygen atoms in total. The van der Waals surface area contributed by atoms with Crippen molar-refractivity contribution in [1.82, 2.24) is 0 Å². The van der Waals surface area contributed by atoms with Crippen molar-refractivity contribution in [3.8, 4) is 5.75 Å². The molecule has 2 rings (SSSR count). The highest BCUT2D eigenvalue weighted by Crippen LogP contribution is 2.23. The van der Waals surface area contributed by atoms with Gasteiger partial charge in [0.2, 0.25) is 5.91 Å². The summed E-state index contributed by atoms with van der Waals surface area (Å²) in [5.74, 6) is -0.717. The summed E-state index contributed by atoms with van der Waals surface area (Å²) in [4.78, 5) is 22.9. The molecule has 0 saturated heterocycles. The van der Waals surface area contributed by atoms with E-state index in [0.29, 0.717) is 17.1 Å². The molecule has 2 amide bonds. The van der Waals surface area contributed by atoms with Crippen LogP contribution in [0.1, 0.15) is 6.92 Å². The minimum Gasteiger partial charge on any atom is -0.482 e. The van der Waals surface area contributed by atoms with Crippen molar-refractivity contribution < 1.29 is 18.7 Å². The zero-order valence-corrected chi connectivity index (χ0v) is 11.9. The Labute approximate surface area is 127 Å². The summed E-state index contributed by atoms with van der Waals surface area (Å²) in [5, 5.41) is 5.13. The van der Waals surface area contributed by atoms with E-state index in [-0.39, 0.29) is 12.5 Å². The summed E-state index contributed by atoms with van der Waals surface area (Å²) >= 11 is 0. The van der Waals surface area contributed by atoms with Crippen LogP contribution in [0.15, 0.2) is 48.5 Å². The summed E-state index contributed by atoms with van der Waals surface area (Å²) in [5.41, 5.74) is 0.831. The van der Waals surface area contributed by atoms with E-state index in [1.807, 2.05) is 0 Å². The minimum absolute atomic E-state index is 0.236. The average Bonchev–Trinajstić information content (AvgIpc) is 2.46. The fraction of sp³-hybridized carbons (Fsp3) is 0.125. The van der Waals surface area contributed by atoms with Crippen molar-refractivity contribution in [1.29, 1.82) is 0 Å². The molecule has 0 bridgehead atoms. The van der Waals surface area contributed by atoms with Gasteiger partial charge in [-0.1, -0.05) is 18.2 Å². The SMILES string of the molecule is CC(=O)Nc1ccccc1OCC(=O)Nc1cccc(F)c1. The number of benzene rings is 2. The maximum absolute atomic E-state index is 13.0. The van der Waals surface area contributed by atoms with Crippen molar-refractivity contribution in [3.63, 3.8) is 0 Å². The summed E-state index contributed by atoms with van der Waals surface area (Å²) < 4.78 is 18.4. The molecule has 0 aliphatic rings. The third-order valence-electron chi connectivity index (χ3n) is 2.66. The summed E-state index contributed by atoms with van der Waals surface area (Å²) in [7, 11) is 0. The lowest BCUT2D eigenvalue weighted by Crippen LogP contribution is -2.20. The molecule has 2 aromatic carbocycles. The van der Waals surface area contributed by atoms with Gasteiger partial charge >= 0.3 is 0 Å². The standard InChI is InChI=1S/C16H15FN2O3/c1-11(20)18-14-7-2-3-8-15(14)22-10-16(21)19-13-6-4-5-12(17)9-13/h2-9H,10H2,1H3,(H,18,20)(H,19,21). The number of amides is 2. The highest BCUT2D eigenvalue weighted by atomic mass is 19.1. The molecular weight excluding hydrogens is 287 g/mol. The molecule has 2 aromatic rings. The molecular formula is C16H15FN2O3. The molecule has 0 atom stereocenters. The monoisotopic (exact) mass is 302 g/mol. The van der Waals surface area contributed by atoms with Crippen LogP contribution in [-0.4, -0.2) is 18.4 Å². The second-order valence-electron chi connectivity index (χ2n) is 4.52. The molecule has 2 N–H and O–H groups in total. The van der Waals surface area contributed by atoms with Crippen LogP contribution in [0.5, 0.6) is 5.75 Å². The first-order valence-corrected chi connectivity index (χ1v) is 6.59. The van der Waals surface area contributed by atoms with E-state index >= 15 is 0 Å². The molecule has 0 spiro atoms. The molecule has 0 saturated carbocycles. The lowest BCUT2D eigenvalue weighted by atomic mass is 10.3. The number of para-hydroxylation sites is 2. The summed E-state index contributed by atoms with van der Waals surface area (Å²) in [6, 6.07) is 12.3. The second-order valence-corrected chi connectivity index (χ2v) is 4.52. The Bertz CT molecular complexity index is 689. The fourth-order valence-corrected chi connectivity index (χ4v) is 1.79. The maximum atomic E-state index is 13.0. The van der Waals surface area contributed by atoms with Gasteiger partial charge in [-0.2, -0.15) is 0 Å². The zero-order chi connectivity index (χ0) is 15.9. The average molecular weight is 302 g/mol. The number of anilines is 2. The second kappa shape index (κ2) is 7.21. The number of hydrogen-bond acceptors (Lipinski definition) is 3. The first kappa shape index (κ1) is 15.5. The van der Waals surface area contributed by atoms with Crippen molar-refractivity contribution in [2.45, 2.75) is 6.92 Å². The maximum Gasteiger partial charge on any atom is 0.262 e. The van der Waals surface area contributed by atoms with Gasteiger partial charge in [-0.25, -0.2) is 4.39 Å². The number of rotatable bonds is 5. The molecule has 0 fully saturated rings. The Balaban J connectivity index is 1.95. The van der Waals surface area contributed by atoms with Gasteiger partial charge in [0.25, 0.3) is 5.91 Å². The molecule has 0 aliphatic heterocycles. The Morgan fingerprint density at radius 2 is 1.86 bits per heavy atom. The van der Waals surface area contributed by atoms with Crippen LogP contribution in [0.4, 0.5) is 15.8 Å². The molecule has 0 unspecified atom stereocenters. The highest BCUT2D eigenvalue weighted by molar-refractivity contribution is 5.92. The van der Waals surface area contributed by atoms with Gasteiger partial charge in [0, 0.05) is 12.6 Å². The van der Waals surface area contributed by atoms with Gasteiger partial charge in [-0.05, 0) is 30.3 Å². The first-order chi connectivity index (χ1) is 10.5. The van der Waals surface area contributed by atoms with Crippen LogP contribution < -0.4 is 15.4 Å². The van der Waals surface area contributed by atoms with Crippen LogP contribution in [0.3, 0.4) is 0 Å². The molecule has 6 heteroatoms. The molecule has 22 heavy (non-hydrogen) atoms. The lowest BCUT2D eigenvalue weighted by Gasteiger charge is -2.11. The quantitative estimate of drug-likeness (QED) is 0.892. The molecule has 0 aromatic heterocycles. The Hall–Kier alpha value is -2.89. The van der Waals surface area contributed by atoms with Crippen LogP contribution in [0, 0.1) is 5.82 Å². The summed E-state index contributed by atoms with van der Waals surface area (Å²) in [6.45, 7) is 1.13. The van der Waals surface area contributed by atoms with Crippen LogP contribution in [0.2, 0.25) is 0 Å². The number of halogens is 1. The van der Waals surface area contributed by atoms with Crippen molar-refractivity contribution in [3.05, 3.63) is 54.3 Å². The Kier molecular flexibility index (Phi) is 5.08. The van der Waals surface area contributed by atoms with Gasteiger partial charge in [0.1, 0.15) is 11.6 Å². The van der Waals surface area contributed by atoms with Crippen LogP contribution >= 0.6 is 0 Å². The summed E-state index contributed by atoms with van der Waals surface area (Å²) in [6.07, 6.45) is 0. The van der Waals surface area contributed by atoms with E-state index < -0.39 is 11.7 Å². The molecule has 0 radical (unpaired) electrons. The van der Waals surface area contributed by atoms with E-state index in [9.17, 15) is 14.0 Å². The van der Waals surface area contributed by atoms with Crippen LogP contribution in [0.25, 0.3) is 0 Å². The Morgan fingerprint density at radius 1 is 1.09 bits per heavy atom. The van der Waals surface area contributed by atoms with Crippen molar-refractivity contribution in [2.24, 2.45) is 0 Å². The number of ether oxygens (including phenoxy) is 1. The van der Waals surface area contributed by atoms with Crippen molar-refractivity contribution >= 4 is 23.2 Å². The Morgan fingerprint density at radius 3 is 2.59 bits per heavy atom. The van der Waals surface area contributed by atoms with E-state index in [0.717, 1.165) is 0 Å². The van der Waals surface area contributed by atoms with Gasteiger partial charge in [-0.15, -0.1) is 0 Å². The van der Waals surface area contributed by atoms with Gasteiger partial charge in [0.05, 0.1) is 5.69 Å². The van der Waals surface area contributed by atoms with E-state index in [2.05, 4.69) is 10.6 Å². The van der Waals surface area contributed by atoms with E-state index in [1.54, 1.807) is 30.3 Å². The largest absolute Gasteiger partial charge is 0.482 e. The lowest BCUT2D eigenvalue weighted by molar-refractivity contribution is -0.118. The third kappa shape index (κ3) is 4.59. The normalized spacial score (nSPS) is 9.91. The number of carbonyl (C=O) groups excluding carboxylic acids is 2. The predicted octanol–water partition coefficient (Wildman–Crippen LogP) is 2.80. The highest BCUT2D eigenvalue weighted by Gasteiger charge is 2.08. The van der Waals surface area contributed by atoms with Gasteiger partial charge in [-0.3, -0.25) is 9.59 Å². The van der Waals surface area contributed by atoms with E-state index in [1.165, 1.54) is 25.1 Å². The zero-order valence-electron chi connectivity index (χ0n) is 11.9. The smallest absolute Gasteiger partial charge is 0.262 e. The predicted molar refractivity (Wildman–Crippen MR) is 81.3 cm³/mol. The van der Waals surface area contributed by atoms with Gasteiger partial charge in [0.15, 0.2) is 6.61 Å². The first-order valence-electron chi connectivity index (χ1n) is 6.59. The topological polar surface area (TPSA) is 67.4 Å². The number of carbonyl (C=O) groups is 2. The number of nitrogens with one attached hydrogen (secondary N) is 2. The molecule has 114 valence electrons. The minimum atomic E-state index is -0.435. The van der Waals surface area contributed by atoms with Crippen LogP contribution in [-0.2, 0) is 9.59 Å². The van der Waals surface area contributed by atoms with E-state index in [4.69, 9.17) is 4.74 Å². The fourth-order valence-electron chi connectivity index (χ4n) is 1.79. The number of hydrogen-bond donors (Lipinski definition) is 2. The van der Waals surface area contributed by atoms with Gasteiger partial charge < -0.3 is 15.4 Å². The molecule has 0 heterocycles. The third-order valence-corrected chi connectivity index (χ3v) is 2.66.